The van der Waals surface area contributed by atoms with Gasteiger partial charge in [-0.05, 0) is 69.3 Å². The number of likely N-dealkylation sites (tertiary alicyclic amines) is 1. The van der Waals surface area contributed by atoms with Crippen molar-refractivity contribution in [3.63, 3.8) is 0 Å². The third kappa shape index (κ3) is 3.88. The van der Waals surface area contributed by atoms with Gasteiger partial charge in [0.15, 0.2) is 5.82 Å². The maximum absolute atomic E-state index is 5.87. The van der Waals surface area contributed by atoms with E-state index in [4.69, 9.17) is 22.1 Å². The van der Waals surface area contributed by atoms with Crippen LogP contribution in [-0.2, 0) is 6.67 Å². The van der Waals surface area contributed by atoms with Crippen LogP contribution in [0.5, 0.6) is 5.75 Å². The van der Waals surface area contributed by atoms with Crippen LogP contribution >= 0.6 is 12.2 Å². The lowest BCUT2D eigenvalue weighted by Gasteiger charge is -2.25. The molecule has 1 aliphatic heterocycles. The lowest BCUT2D eigenvalue weighted by molar-refractivity contribution is 0.172. The van der Waals surface area contributed by atoms with Gasteiger partial charge in [0.25, 0.3) is 0 Å². The maximum Gasteiger partial charge on any atom is 0.204 e. The molecular weight excluding hydrogens is 368 g/mol. The standard InChI is InChI=1S/C22H26N4OS/c1-2-27-20-14-8-7-13-19(20)21-23-25(17-24-15-9-4-10-16-24)22(28)26(21)18-11-5-3-6-12-18/h3,5-8,11-14H,2,4,9-10,15-17H2,1H3. The van der Waals surface area contributed by atoms with Crippen molar-refractivity contribution in [1.29, 1.82) is 0 Å². The number of nitrogens with zero attached hydrogens (tertiary/aromatic N) is 4. The van der Waals surface area contributed by atoms with Crippen LogP contribution in [0.3, 0.4) is 0 Å². The lowest BCUT2D eigenvalue weighted by Crippen LogP contribution is -2.32. The van der Waals surface area contributed by atoms with Crippen molar-refractivity contribution in [2.75, 3.05) is 19.7 Å². The van der Waals surface area contributed by atoms with Gasteiger partial charge in [-0.15, -0.1) is 5.10 Å². The van der Waals surface area contributed by atoms with Crippen LogP contribution in [0.25, 0.3) is 17.1 Å². The monoisotopic (exact) mass is 394 g/mol. The van der Waals surface area contributed by atoms with Gasteiger partial charge in [-0.25, -0.2) is 4.68 Å². The Kier molecular flexibility index (Phi) is 5.88. The molecule has 6 heteroatoms. The second-order valence-corrected chi connectivity index (χ2v) is 7.39. The molecule has 0 amide bonds. The predicted molar refractivity (Wildman–Crippen MR) is 114 cm³/mol. The van der Waals surface area contributed by atoms with Crippen molar-refractivity contribution in [3.8, 4) is 22.8 Å². The number of hydrogen-bond acceptors (Lipinski definition) is 4. The van der Waals surface area contributed by atoms with Gasteiger partial charge in [-0.3, -0.25) is 9.47 Å². The van der Waals surface area contributed by atoms with Crippen molar-refractivity contribution >= 4 is 12.2 Å². The Morgan fingerprint density at radius 2 is 1.68 bits per heavy atom. The van der Waals surface area contributed by atoms with E-state index in [0.717, 1.165) is 42.6 Å². The van der Waals surface area contributed by atoms with Gasteiger partial charge in [0.2, 0.25) is 4.77 Å². The van der Waals surface area contributed by atoms with E-state index in [0.29, 0.717) is 11.4 Å². The van der Waals surface area contributed by atoms with E-state index >= 15 is 0 Å². The van der Waals surface area contributed by atoms with E-state index in [-0.39, 0.29) is 0 Å². The molecule has 28 heavy (non-hydrogen) atoms. The zero-order valence-corrected chi connectivity index (χ0v) is 17.1. The maximum atomic E-state index is 5.87. The van der Waals surface area contributed by atoms with E-state index < -0.39 is 0 Å². The lowest BCUT2D eigenvalue weighted by atomic mass is 10.1. The predicted octanol–water partition coefficient (Wildman–Crippen LogP) is 4.91. The van der Waals surface area contributed by atoms with Gasteiger partial charge in [-0.1, -0.05) is 36.8 Å². The number of hydrogen-bond donors (Lipinski definition) is 0. The molecule has 1 saturated heterocycles. The molecule has 3 aromatic rings. The molecule has 0 atom stereocenters. The van der Waals surface area contributed by atoms with Crippen LogP contribution < -0.4 is 4.74 Å². The molecular formula is C22H26N4OS. The Hall–Kier alpha value is -2.44. The van der Waals surface area contributed by atoms with Crippen LogP contribution in [-0.4, -0.2) is 38.9 Å². The summed E-state index contributed by atoms with van der Waals surface area (Å²) in [6, 6.07) is 18.2. The summed E-state index contributed by atoms with van der Waals surface area (Å²) < 4.78 is 10.6. The molecule has 0 bridgehead atoms. The zero-order valence-electron chi connectivity index (χ0n) is 16.3. The molecule has 2 heterocycles. The molecule has 0 aliphatic carbocycles. The van der Waals surface area contributed by atoms with Crippen molar-refractivity contribution in [3.05, 3.63) is 59.4 Å². The minimum Gasteiger partial charge on any atom is -0.493 e. The number of piperidine rings is 1. The summed E-state index contributed by atoms with van der Waals surface area (Å²) in [5, 5.41) is 4.95. The fourth-order valence-electron chi connectivity index (χ4n) is 3.71. The molecule has 0 N–H and O–H groups in total. The zero-order chi connectivity index (χ0) is 19.3. The van der Waals surface area contributed by atoms with E-state index in [9.17, 15) is 0 Å². The summed E-state index contributed by atoms with van der Waals surface area (Å²) >= 11 is 5.87. The van der Waals surface area contributed by atoms with Crippen molar-refractivity contribution in [2.24, 2.45) is 0 Å². The van der Waals surface area contributed by atoms with E-state index in [1.165, 1.54) is 19.3 Å². The Morgan fingerprint density at radius 1 is 0.964 bits per heavy atom. The Bertz CT molecular complexity index is 974. The average Bonchev–Trinajstić information content (AvgIpc) is 3.06. The molecule has 0 radical (unpaired) electrons. The highest BCUT2D eigenvalue weighted by molar-refractivity contribution is 7.71. The summed E-state index contributed by atoms with van der Waals surface area (Å²) in [6.07, 6.45) is 3.80. The van der Waals surface area contributed by atoms with Gasteiger partial charge in [0.1, 0.15) is 5.75 Å². The van der Waals surface area contributed by atoms with Gasteiger partial charge >= 0.3 is 0 Å². The van der Waals surface area contributed by atoms with Crippen molar-refractivity contribution in [1.82, 2.24) is 19.2 Å². The SMILES string of the molecule is CCOc1ccccc1-c1nn(CN2CCCCC2)c(=S)n1-c1ccccc1. The Morgan fingerprint density at radius 3 is 2.43 bits per heavy atom. The molecule has 1 fully saturated rings. The summed E-state index contributed by atoms with van der Waals surface area (Å²) in [5.41, 5.74) is 1.97. The largest absolute Gasteiger partial charge is 0.493 e. The minimum absolute atomic E-state index is 0.609. The molecule has 0 spiro atoms. The van der Waals surface area contributed by atoms with Crippen LogP contribution in [0.1, 0.15) is 26.2 Å². The second kappa shape index (κ2) is 8.71. The minimum atomic E-state index is 0.609. The van der Waals surface area contributed by atoms with Crippen molar-refractivity contribution in [2.45, 2.75) is 32.9 Å². The van der Waals surface area contributed by atoms with Gasteiger partial charge in [0.05, 0.1) is 18.8 Å². The molecule has 5 nitrogen and oxygen atoms in total. The fourth-order valence-corrected chi connectivity index (χ4v) is 4.00. The van der Waals surface area contributed by atoms with Crippen molar-refractivity contribution < 1.29 is 4.74 Å². The molecule has 2 aromatic carbocycles. The Balaban J connectivity index is 1.83. The highest BCUT2D eigenvalue weighted by Gasteiger charge is 2.19. The number of aromatic nitrogens is 3. The van der Waals surface area contributed by atoms with E-state index in [1.807, 2.05) is 54.1 Å². The van der Waals surface area contributed by atoms with Gasteiger partial charge in [-0.2, -0.15) is 0 Å². The first-order chi connectivity index (χ1) is 13.8. The number of benzene rings is 2. The smallest absolute Gasteiger partial charge is 0.204 e. The number of rotatable bonds is 6. The summed E-state index contributed by atoms with van der Waals surface area (Å²) in [5.74, 6) is 1.64. The number of ether oxygens (including phenoxy) is 1. The second-order valence-electron chi connectivity index (χ2n) is 7.03. The topological polar surface area (TPSA) is 35.2 Å². The summed E-state index contributed by atoms with van der Waals surface area (Å²) in [7, 11) is 0. The summed E-state index contributed by atoms with van der Waals surface area (Å²) in [6.45, 7) is 5.53. The highest BCUT2D eigenvalue weighted by Crippen LogP contribution is 2.31. The third-order valence-corrected chi connectivity index (χ3v) is 5.46. The van der Waals surface area contributed by atoms with Crippen LogP contribution in [0.4, 0.5) is 0 Å². The quantitative estimate of drug-likeness (QED) is 0.556. The first-order valence-electron chi connectivity index (χ1n) is 9.98. The highest BCUT2D eigenvalue weighted by atomic mass is 32.1. The van der Waals surface area contributed by atoms with E-state index in [2.05, 4.69) is 21.6 Å². The fraction of sp³-hybridized carbons (Fsp3) is 0.364. The first-order valence-corrected chi connectivity index (χ1v) is 10.4. The molecule has 0 unspecified atom stereocenters. The van der Waals surface area contributed by atoms with E-state index in [1.54, 1.807) is 0 Å². The van der Waals surface area contributed by atoms with Crippen LogP contribution in [0.2, 0.25) is 0 Å². The van der Waals surface area contributed by atoms with Gasteiger partial charge in [0, 0.05) is 5.69 Å². The molecule has 4 rings (SSSR count). The van der Waals surface area contributed by atoms with Crippen LogP contribution in [0.15, 0.2) is 54.6 Å². The average molecular weight is 395 g/mol. The Labute approximate surface area is 171 Å². The third-order valence-electron chi connectivity index (χ3n) is 5.06. The molecule has 1 aromatic heterocycles. The molecule has 0 saturated carbocycles. The van der Waals surface area contributed by atoms with Gasteiger partial charge < -0.3 is 4.74 Å². The van der Waals surface area contributed by atoms with Crippen LogP contribution in [0, 0.1) is 4.77 Å². The molecule has 146 valence electrons. The summed E-state index contributed by atoms with van der Waals surface area (Å²) in [4.78, 5) is 2.43. The first kappa shape index (κ1) is 18.9. The number of para-hydroxylation sites is 2. The molecule has 1 aliphatic rings. The normalized spacial score (nSPS) is 14.9.